The second-order valence-electron chi connectivity index (χ2n) is 7.23. The first-order valence-electron chi connectivity index (χ1n) is 10.1. The Hall–Kier alpha value is -4.53. The molecule has 2 heterocycles. The lowest BCUT2D eigenvalue weighted by Gasteiger charge is -2.09. The average Bonchev–Trinajstić information content (AvgIpc) is 3.24. The van der Waals surface area contributed by atoms with Gasteiger partial charge in [0.2, 0.25) is 0 Å². The van der Waals surface area contributed by atoms with Gasteiger partial charge in [-0.15, -0.1) is 5.10 Å². The topological polar surface area (TPSA) is 85.6 Å². The van der Waals surface area contributed by atoms with E-state index in [0.717, 1.165) is 5.56 Å². The van der Waals surface area contributed by atoms with Crippen molar-refractivity contribution in [1.29, 1.82) is 0 Å². The van der Waals surface area contributed by atoms with Crippen LogP contribution in [0.15, 0.2) is 78.9 Å². The highest BCUT2D eigenvalue weighted by Gasteiger charge is 2.19. The summed E-state index contributed by atoms with van der Waals surface area (Å²) in [4.78, 5) is 21.8. The number of halogens is 2. The third-order valence-corrected chi connectivity index (χ3v) is 5.01. The summed E-state index contributed by atoms with van der Waals surface area (Å²) in [7, 11) is 0. The zero-order valence-electron chi connectivity index (χ0n) is 17.1. The van der Waals surface area contributed by atoms with Crippen LogP contribution in [-0.4, -0.2) is 30.9 Å². The molecule has 0 saturated heterocycles. The first kappa shape index (κ1) is 20.4. The normalized spacial score (nSPS) is 11.0. The van der Waals surface area contributed by atoms with E-state index >= 15 is 0 Å². The second-order valence-corrected chi connectivity index (χ2v) is 7.23. The van der Waals surface area contributed by atoms with E-state index < -0.39 is 11.7 Å². The maximum Gasteiger partial charge on any atom is 0.256 e. The largest absolute Gasteiger partial charge is 0.304 e. The van der Waals surface area contributed by atoms with Crippen molar-refractivity contribution in [3.05, 3.63) is 102 Å². The summed E-state index contributed by atoms with van der Waals surface area (Å²) in [5, 5.41) is 11.0. The minimum Gasteiger partial charge on any atom is -0.304 e. The molecular weight excluding hydrogens is 426 g/mol. The standard InChI is InChI=1S/C24H16F2N6O/c25-18-12-10-16(11-13-18)24(33)29-22-20-23(28-21(27-22)15-6-2-1-3-7-15)32(31-30-20)14-17-8-4-5-9-19(17)26/h1-13H,14H2,(H,27,28,29,33). The number of benzene rings is 3. The van der Waals surface area contributed by atoms with Gasteiger partial charge in [-0.3, -0.25) is 4.79 Å². The molecule has 0 aliphatic heterocycles. The highest BCUT2D eigenvalue weighted by Crippen LogP contribution is 2.24. The highest BCUT2D eigenvalue weighted by molar-refractivity contribution is 6.06. The van der Waals surface area contributed by atoms with Crippen molar-refractivity contribution in [3.8, 4) is 11.4 Å². The van der Waals surface area contributed by atoms with E-state index in [1.54, 1.807) is 18.2 Å². The molecule has 0 aliphatic carbocycles. The van der Waals surface area contributed by atoms with E-state index in [4.69, 9.17) is 0 Å². The van der Waals surface area contributed by atoms with Gasteiger partial charge in [0.15, 0.2) is 22.8 Å². The SMILES string of the molecule is O=C(Nc1nc(-c2ccccc2)nc2c1nnn2Cc1ccccc1F)c1ccc(F)cc1. The number of nitrogens with one attached hydrogen (secondary N) is 1. The van der Waals surface area contributed by atoms with E-state index in [2.05, 4.69) is 25.6 Å². The van der Waals surface area contributed by atoms with Gasteiger partial charge >= 0.3 is 0 Å². The van der Waals surface area contributed by atoms with Crippen molar-refractivity contribution in [3.63, 3.8) is 0 Å². The van der Waals surface area contributed by atoms with Crippen molar-refractivity contribution in [1.82, 2.24) is 25.0 Å². The van der Waals surface area contributed by atoms with Gasteiger partial charge < -0.3 is 5.32 Å². The van der Waals surface area contributed by atoms with Crippen LogP contribution >= 0.6 is 0 Å². The molecule has 9 heteroatoms. The van der Waals surface area contributed by atoms with E-state index in [-0.39, 0.29) is 29.3 Å². The summed E-state index contributed by atoms with van der Waals surface area (Å²) in [6.07, 6.45) is 0. The molecule has 1 N–H and O–H groups in total. The number of rotatable bonds is 5. The zero-order valence-corrected chi connectivity index (χ0v) is 17.1. The number of amides is 1. The van der Waals surface area contributed by atoms with E-state index in [9.17, 15) is 13.6 Å². The fourth-order valence-corrected chi connectivity index (χ4v) is 3.34. The molecule has 0 bridgehead atoms. The molecule has 0 fully saturated rings. The third-order valence-electron chi connectivity index (χ3n) is 5.01. The predicted octanol–water partition coefficient (Wildman–Crippen LogP) is 4.47. The van der Waals surface area contributed by atoms with Gasteiger partial charge in [0.05, 0.1) is 6.54 Å². The Morgan fingerprint density at radius 3 is 2.36 bits per heavy atom. The molecule has 2 aromatic heterocycles. The van der Waals surface area contributed by atoms with Gasteiger partial charge in [-0.2, -0.15) is 0 Å². The van der Waals surface area contributed by atoms with Crippen LogP contribution in [0.25, 0.3) is 22.6 Å². The fourth-order valence-electron chi connectivity index (χ4n) is 3.34. The van der Waals surface area contributed by atoms with Crippen LogP contribution in [0.5, 0.6) is 0 Å². The lowest BCUT2D eigenvalue weighted by molar-refractivity contribution is 0.102. The minimum atomic E-state index is -0.488. The summed E-state index contributed by atoms with van der Waals surface area (Å²) in [5.41, 5.74) is 1.97. The van der Waals surface area contributed by atoms with Crippen molar-refractivity contribution < 1.29 is 13.6 Å². The molecule has 3 aromatic carbocycles. The number of carbonyl (C=O) groups is 1. The Morgan fingerprint density at radius 1 is 0.879 bits per heavy atom. The number of aromatic nitrogens is 5. The summed E-state index contributed by atoms with van der Waals surface area (Å²) < 4.78 is 28.9. The minimum absolute atomic E-state index is 0.0970. The van der Waals surface area contributed by atoms with Gasteiger partial charge in [0, 0.05) is 16.7 Å². The average molecular weight is 442 g/mol. The van der Waals surface area contributed by atoms with Crippen molar-refractivity contribution >= 4 is 22.9 Å². The van der Waals surface area contributed by atoms with Crippen LogP contribution in [0, 0.1) is 11.6 Å². The highest BCUT2D eigenvalue weighted by atomic mass is 19.1. The second kappa shape index (κ2) is 8.54. The van der Waals surface area contributed by atoms with Crippen molar-refractivity contribution in [2.24, 2.45) is 0 Å². The number of fused-ring (bicyclic) bond motifs is 1. The van der Waals surface area contributed by atoms with Crippen molar-refractivity contribution in [2.45, 2.75) is 6.54 Å². The van der Waals surface area contributed by atoms with Gasteiger partial charge in [0.1, 0.15) is 11.6 Å². The Bertz CT molecular complexity index is 1450. The molecule has 33 heavy (non-hydrogen) atoms. The van der Waals surface area contributed by atoms with Crippen LogP contribution in [0.3, 0.4) is 0 Å². The van der Waals surface area contributed by atoms with E-state index in [1.165, 1.54) is 35.0 Å². The number of hydrogen-bond donors (Lipinski definition) is 1. The Morgan fingerprint density at radius 2 is 1.61 bits per heavy atom. The molecule has 5 rings (SSSR count). The van der Waals surface area contributed by atoms with Gasteiger partial charge in [-0.05, 0) is 30.3 Å². The van der Waals surface area contributed by atoms with Gasteiger partial charge in [-0.1, -0.05) is 53.7 Å². The number of anilines is 1. The maximum absolute atomic E-state index is 14.2. The van der Waals surface area contributed by atoms with Crippen LogP contribution in [0.2, 0.25) is 0 Å². The fraction of sp³-hybridized carbons (Fsp3) is 0.0417. The molecule has 0 saturated carbocycles. The van der Waals surface area contributed by atoms with Crippen LogP contribution in [0.1, 0.15) is 15.9 Å². The molecule has 0 radical (unpaired) electrons. The lowest BCUT2D eigenvalue weighted by atomic mass is 10.2. The Balaban J connectivity index is 1.60. The van der Waals surface area contributed by atoms with E-state index in [1.807, 2.05) is 30.3 Å². The van der Waals surface area contributed by atoms with Crippen LogP contribution in [0.4, 0.5) is 14.6 Å². The molecule has 0 atom stereocenters. The number of carbonyl (C=O) groups excluding carboxylic acids is 1. The Kier molecular flexibility index (Phi) is 5.27. The zero-order chi connectivity index (χ0) is 22.8. The summed E-state index contributed by atoms with van der Waals surface area (Å²) in [5.74, 6) is -0.818. The molecule has 0 spiro atoms. The number of hydrogen-bond acceptors (Lipinski definition) is 5. The first-order valence-corrected chi connectivity index (χ1v) is 10.1. The summed E-state index contributed by atoms with van der Waals surface area (Å²) in [6.45, 7) is 0.0970. The number of nitrogens with zero attached hydrogens (tertiary/aromatic N) is 5. The van der Waals surface area contributed by atoms with Crippen LogP contribution in [-0.2, 0) is 6.54 Å². The van der Waals surface area contributed by atoms with E-state index in [0.29, 0.717) is 17.0 Å². The third kappa shape index (κ3) is 4.16. The van der Waals surface area contributed by atoms with Gasteiger partial charge in [0.25, 0.3) is 5.91 Å². The molecule has 0 unspecified atom stereocenters. The first-order chi connectivity index (χ1) is 16.1. The quantitative estimate of drug-likeness (QED) is 0.434. The molecule has 0 aliphatic rings. The summed E-state index contributed by atoms with van der Waals surface area (Å²) in [6, 6.07) is 20.7. The lowest BCUT2D eigenvalue weighted by Crippen LogP contribution is -2.14. The van der Waals surface area contributed by atoms with Crippen LogP contribution < -0.4 is 5.32 Å². The smallest absolute Gasteiger partial charge is 0.256 e. The summed E-state index contributed by atoms with van der Waals surface area (Å²) >= 11 is 0. The maximum atomic E-state index is 14.2. The monoisotopic (exact) mass is 442 g/mol. The molecule has 7 nitrogen and oxygen atoms in total. The predicted molar refractivity (Wildman–Crippen MR) is 118 cm³/mol. The van der Waals surface area contributed by atoms with Gasteiger partial charge in [-0.25, -0.2) is 23.4 Å². The van der Waals surface area contributed by atoms with Crippen molar-refractivity contribution in [2.75, 3.05) is 5.32 Å². The molecule has 5 aromatic rings. The Labute approximate surface area is 186 Å². The molecular formula is C24H16F2N6O. The molecule has 162 valence electrons. The molecule has 1 amide bonds.